The number of rotatable bonds is 8. The van der Waals surface area contributed by atoms with E-state index in [2.05, 4.69) is 5.32 Å². The fourth-order valence-electron chi connectivity index (χ4n) is 2.76. The molecule has 3 N–H and O–H groups in total. The lowest BCUT2D eigenvalue weighted by Crippen LogP contribution is -2.48. The van der Waals surface area contributed by atoms with Crippen molar-refractivity contribution in [2.75, 3.05) is 25.5 Å². The molecule has 5 nitrogen and oxygen atoms in total. The van der Waals surface area contributed by atoms with Gasteiger partial charge in [0.05, 0.1) is 12.0 Å². The summed E-state index contributed by atoms with van der Waals surface area (Å²) in [6.07, 6.45) is 2.18. The molecule has 0 bridgehead atoms. The summed E-state index contributed by atoms with van der Waals surface area (Å²) in [6, 6.07) is 7.69. The van der Waals surface area contributed by atoms with E-state index < -0.39 is 5.41 Å². The quantitative estimate of drug-likeness (QED) is 0.752. The number of para-hydroxylation sites is 1. The van der Waals surface area contributed by atoms with E-state index in [9.17, 15) is 9.59 Å². The molecular formula is C18H30ClN3O2. The minimum atomic E-state index is -0.573. The highest BCUT2D eigenvalue weighted by Gasteiger charge is 2.36. The first-order valence-electron chi connectivity index (χ1n) is 8.27. The second-order valence-electron chi connectivity index (χ2n) is 5.91. The van der Waals surface area contributed by atoms with Crippen LogP contribution < -0.4 is 11.1 Å². The topological polar surface area (TPSA) is 75.4 Å². The molecule has 0 fully saturated rings. The number of hydrogen-bond donors (Lipinski definition) is 2. The third-order valence-corrected chi connectivity index (χ3v) is 4.60. The predicted octanol–water partition coefficient (Wildman–Crippen LogP) is 2.83. The number of hydrogen-bond acceptors (Lipinski definition) is 3. The Balaban J connectivity index is 0.00000529. The zero-order valence-corrected chi connectivity index (χ0v) is 15.9. The second kappa shape index (κ2) is 10.3. The highest BCUT2D eigenvalue weighted by Crippen LogP contribution is 2.27. The Labute approximate surface area is 151 Å². The van der Waals surface area contributed by atoms with Gasteiger partial charge in [0.15, 0.2) is 0 Å². The number of aryl methyl sites for hydroxylation is 1. The van der Waals surface area contributed by atoms with Crippen molar-refractivity contribution < 1.29 is 9.59 Å². The zero-order valence-electron chi connectivity index (χ0n) is 15.1. The van der Waals surface area contributed by atoms with E-state index in [4.69, 9.17) is 5.73 Å². The van der Waals surface area contributed by atoms with E-state index in [0.29, 0.717) is 19.4 Å². The number of amides is 2. The molecule has 0 spiro atoms. The van der Waals surface area contributed by atoms with Gasteiger partial charge < -0.3 is 16.0 Å². The molecule has 0 saturated carbocycles. The molecule has 1 aromatic carbocycles. The lowest BCUT2D eigenvalue weighted by atomic mass is 9.81. The fourth-order valence-corrected chi connectivity index (χ4v) is 2.76. The van der Waals surface area contributed by atoms with Gasteiger partial charge in [-0.05, 0) is 30.9 Å². The van der Waals surface area contributed by atoms with Crippen LogP contribution in [0.3, 0.4) is 0 Å². The van der Waals surface area contributed by atoms with Crippen LogP contribution in [0.2, 0.25) is 0 Å². The molecule has 0 aromatic heterocycles. The highest BCUT2D eigenvalue weighted by atomic mass is 35.5. The largest absolute Gasteiger partial charge is 0.336 e. The molecule has 0 aliphatic heterocycles. The molecule has 24 heavy (non-hydrogen) atoms. The Bertz CT molecular complexity index is 537. The molecule has 0 unspecified atom stereocenters. The Kier molecular flexibility index (Phi) is 9.63. The standard InChI is InChI=1S/C18H29N3O2.ClH/c1-5-14-10-8-9-11-15(14)20-16(22)12-21(4)17(23)18(6-2,7-3)13-19;/h8-11H,5-7,12-13,19H2,1-4H3,(H,20,22);1H. The highest BCUT2D eigenvalue weighted by molar-refractivity contribution is 5.95. The first kappa shape index (κ1) is 22.4. The van der Waals surface area contributed by atoms with Gasteiger partial charge in [-0.15, -0.1) is 12.4 Å². The Hall–Kier alpha value is -1.59. The first-order chi connectivity index (χ1) is 10.9. The van der Waals surface area contributed by atoms with Gasteiger partial charge in [0.2, 0.25) is 11.8 Å². The Morgan fingerprint density at radius 1 is 1.17 bits per heavy atom. The predicted molar refractivity (Wildman–Crippen MR) is 101 cm³/mol. The van der Waals surface area contributed by atoms with Crippen molar-refractivity contribution in [2.45, 2.75) is 40.0 Å². The minimum Gasteiger partial charge on any atom is -0.336 e. The zero-order chi connectivity index (χ0) is 17.5. The lowest BCUT2D eigenvalue weighted by Gasteiger charge is -2.33. The Morgan fingerprint density at radius 3 is 2.25 bits per heavy atom. The van der Waals surface area contributed by atoms with Crippen molar-refractivity contribution in [3.8, 4) is 0 Å². The molecule has 0 atom stereocenters. The summed E-state index contributed by atoms with van der Waals surface area (Å²) in [4.78, 5) is 26.4. The molecule has 136 valence electrons. The van der Waals surface area contributed by atoms with Crippen LogP contribution in [0.5, 0.6) is 0 Å². The summed E-state index contributed by atoms with van der Waals surface area (Å²) in [5.74, 6) is -0.260. The minimum absolute atomic E-state index is 0. The average molecular weight is 356 g/mol. The van der Waals surface area contributed by atoms with Crippen LogP contribution in [-0.4, -0.2) is 36.9 Å². The molecule has 0 heterocycles. The number of nitrogens with one attached hydrogen (secondary N) is 1. The van der Waals surface area contributed by atoms with Crippen molar-refractivity contribution in [1.29, 1.82) is 0 Å². The van der Waals surface area contributed by atoms with Gasteiger partial charge >= 0.3 is 0 Å². The normalized spacial score (nSPS) is 10.7. The van der Waals surface area contributed by atoms with E-state index in [1.165, 1.54) is 4.90 Å². The molecule has 0 aliphatic rings. The number of carbonyl (C=O) groups excluding carboxylic acids is 2. The van der Waals surface area contributed by atoms with Gasteiger partial charge in [0, 0.05) is 19.3 Å². The molecule has 1 rings (SSSR count). The first-order valence-corrected chi connectivity index (χ1v) is 8.27. The number of likely N-dealkylation sites (N-methyl/N-ethyl adjacent to an activating group) is 1. The van der Waals surface area contributed by atoms with Crippen molar-refractivity contribution in [3.63, 3.8) is 0 Å². The van der Waals surface area contributed by atoms with Gasteiger partial charge in [-0.1, -0.05) is 39.0 Å². The maximum atomic E-state index is 12.6. The van der Waals surface area contributed by atoms with Crippen LogP contribution in [0.1, 0.15) is 39.2 Å². The maximum Gasteiger partial charge on any atom is 0.243 e. The smallest absolute Gasteiger partial charge is 0.243 e. The molecule has 1 aromatic rings. The van der Waals surface area contributed by atoms with Gasteiger partial charge in [0.25, 0.3) is 0 Å². The summed E-state index contributed by atoms with van der Waals surface area (Å²) >= 11 is 0. The van der Waals surface area contributed by atoms with Crippen LogP contribution in [0.15, 0.2) is 24.3 Å². The SMILES string of the molecule is CCc1ccccc1NC(=O)CN(C)C(=O)C(CC)(CC)CN.Cl. The van der Waals surface area contributed by atoms with Crippen molar-refractivity contribution >= 4 is 29.9 Å². The number of benzene rings is 1. The number of carbonyl (C=O) groups is 2. The van der Waals surface area contributed by atoms with E-state index in [0.717, 1.165) is 17.7 Å². The fraction of sp³-hybridized carbons (Fsp3) is 0.556. The van der Waals surface area contributed by atoms with Crippen molar-refractivity contribution in [2.24, 2.45) is 11.1 Å². The summed E-state index contributed by atoms with van der Waals surface area (Å²) in [5.41, 5.74) is 7.12. The average Bonchev–Trinajstić information content (AvgIpc) is 2.57. The van der Waals surface area contributed by atoms with Crippen LogP contribution in [-0.2, 0) is 16.0 Å². The van der Waals surface area contributed by atoms with Gasteiger partial charge in [-0.3, -0.25) is 9.59 Å². The van der Waals surface area contributed by atoms with Crippen LogP contribution in [0, 0.1) is 5.41 Å². The van der Waals surface area contributed by atoms with Crippen LogP contribution in [0.4, 0.5) is 5.69 Å². The monoisotopic (exact) mass is 355 g/mol. The Morgan fingerprint density at radius 2 is 1.75 bits per heavy atom. The number of anilines is 1. The lowest BCUT2D eigenvalue weighted by molar-refractivity contribution is -0.142. The molecular weight excluding hydrogens is 326 g/mol. The molecule has 0 aliphatic carbocycles. The van der Waals surface area contributed by atoms with Gasteiger partial charge in [-0.25, -0.2) is 0 Å². The molecule has 2 amide bonds. The third-order valence-electron chi connectivity index (χ3n) is 4.60. The number of halogens is 1. The summed E-state index contributed by atoms with van der Waals surface area (Å²) in [6.45, 7) is 6.28. The maximum absolute atomic E-state index is 12.6. The second-order valence-corrected chi connectivity index (χ2v) is 5.91. The van der Waals surface area contributed by atoms with Crippen LogP contribution in [0.25, 0.3) is 0 Å². The van der Waals surface area contributed by atoms with Crippen molar-refractivity contribution in [1.82, 2.24) is 4.90 Å². The van der Waals surface area contributed by atoms with E-state index in [1.807, 2.05) is 45.0 Å². The van der Waals surface area contributed by atoms with Gasteiger partial charge in [-0.2, -0.15) is 0 Å². The molecule has 0 radical (unpaired) electrons. The molecule has 6 heteroatoms. The number of nitrogens with two attached hydrogens (primary N) is 1. The van der Waals surface area contributed by atoms with E-state index in [-0.39, 0.29) is 30.8 Å². The van der Waals surface area contributed by atoms with Gasteiger partial charge in [0.1, 0.15) is 0 Å². The number of nitrogens with zero attached hydrogens (tertiary/aromatic N) is 1. The van der Waals surface area contributed by atoms with Crippen LogP contribution >= 0.6 is 12.4 Å². The summed E-state index contributed by atoms with van der Waals surface area (Å²) in [5, 5.41) is 2.89. The third kappa shape index (κ3) is 5.21. The summed E-state index contributed by atoms with van der Waals surface area (Å²) in [7, 11) is 1.66. The molecule has 0 saturated heterocycles. The van der Waals surface area contributed by atoms with E-state index in [1.54, 1.807) is 7.05 Å². The van der Waals surface area contributed by atoms with E-state index >= 15 is 0 Å². The van der Waals surface area contributed by atoms with Crippen molar-refractivity contribution in [3.05, 3.63) is 29.8 Å². The summed E-state index contributed by atoms with van der Waals surface area (Å²) < 4.78 is 0.